The van der Waals surface area contributed by atoms with E-state index in [0.29, 0.717) is 29.4 Å². The molecule has 2 heterocycles. The summed E-state index contributed by atoms with van der Waals surface area (Å²) in [5.41, 5.74) is 0.903. The van der Waals surface area contributed by atoms with Crippen LogP contribution < -0.4 is 10.6 Å². The fraction of sp³-hybridized carbons (Fsp3) is 0.444. The van der Waals surface area contributed by atoms with Crippen molar-refractivity contribution in [1.82, 2.24) is 10.5 Å². The van der Waals surface area contributed by atoms with Crippen molar-refractivity contribution in [3.05, 3.63) is 35.6 Å². The number of hydrogen-bond acceptors (Lipinski definition) is 4. The summed E-state index contributed by atoms with van der Waals surface area (Å²) in [5.74, 6) is 0.772. The Morgan fingerprint density at radius 2 is 2.08 bits per heavy atom. The van der Waals surface area contributed by atoms with Gasteiger partial charge in [-0.2, -0.15) is 0 Å². The number of urea groups is 1. The lowest BCUT2D eigenvalue weighted by molar-refractivity contribution is 0.0829. The van der Waals surface area contributed by atoms with E-state index >= 15 is 0 Å². The lowest BCUT2D eigenvalue weighted by atomic mass is 10.1. The number of nitrogens with zero attached hydrogens (tertiary/aromatic N) is 1. The first-order chi connectivity index (χ1) is 12.1. The zero-order chi connectivity index (χ0) is 17.4. The molecule has 1 saturated carbocycles. The smallest absolute Gasteiger partial charge is 0.320 e. The van der Waals surface area contributed by atoms with Gasteiger partial charge in [-0.1, -0.05) is 17.3 Å². The van der Waals surface area contributed by atoms with Crippen LogP contribution in [0, 0.1) is 18.7 Å². The third kappa shape index (κ3) is 3.24. The Morgan fingerprint density at radius 3 is 2.84 bits per heavy atom. The first-order valence-electron chi connectivity index (χ1n) is 8.54. The van der Waals surface area contributed by atoms with Gasteiger partial charge in [0.1, 0.15) is 5.82 Å². The maximum atomic E-state index is 13.9. The third-order valence-electron chi connectivity index (χ3n) is 4.81. The molecule has 6 nitrogen and oxygen atoms in total. The lowest BCUT2D eigenvalue weighted by Crippen LogP contribution is -2.43. The molecule has 0 spiro atoms. The van der Waals surface area contributed by atoms with E-state index < -0.39 is 5.82 Å². The minimum atomic E-state index is -0.395. The molecule has 1 aliphatic carbocycles. The van der Waals surface area contributed by atoms with Crippen LogP contribution in [0.2, 0.25) is 0 Å². The molecule has 2 aromatic rings. The highest BCUT2D eigenvalue weighted by molar-refractivity contribution is 5.90. The first kappa shape index (κ1) is 16.1. The van der Waals surface area contributed by atoms with Crippen molar-refractivity contribution >= 4 is 11.8 Å². The fourth-order valence-corrected chi connectivity index (χ4v) is 3.32. The summed E-state index contributed by atoms with van der Waals surface area (Å²) < 4.78 is 24.9. The highest BCUT2D eigenvalue weighted by atomic mass is 19.1. The summed E-state index contributed by atoms with van der Waals surface area (Å²) in [4.78, 5) is 12.3. The van der Waals surface area contributed by atoms with Gasteiger partial charge >= 0.3 is 6.03 Å². The number of ether oxygens (including phenoxy) is 1. The Morgan fingerprint density at radius 1 is 1.28 bits per heavy atom. The minimum Gasteiger partial charge on any atom is -0.376 e. The number of carbonyl (C=O) groups is 1. The molecule has 1 saturated heterocycles. The molecule has 4 rings (SSSR count). The average Bonchev–Trinajstić information content (AvgIpc) is 3.24. The molecule has 25 heavy (non-hydrogen) atoms. The summed E-state index contributed by atoms with van der Waals surface area (Å²) in [7, 11) is 0. The monoisotopic (exact) mass is 345 g/mol. The van der Waals surface area contributed by atoms with Gasteiger partial charge in [0.2, 0.25) is 0 Å². The van der Waals surface area contributed by atoms with Crippen molar-refractivity contribution in [3.8, 4) is 11.3 Å². The number of nitrogens with one attached hydrogen (secondary N) is 2. The molecule has 1 aromatic heterocycles. The second kappa shape index (κ2) is 6.48. The van der Waals surface area contributed by atoms with Crippen LogP contribution in [0.4, 0.5) is 15.0 Å². The Kier molecular flexibility index (Phi) is 4.17. The maximum Gasteiger partial charge on any atom is 0.320 e. The van der Waals surface area contributed by atoms with Crippen LogP contribution in [0.3, 0.4) is 0 Å². The van der Waals surface area contributed by atoms with Crippen LogP contribution in [0.1, 0.15) is 24.8 Å². The number of anilines is 1. The highest BCUT2D eigenvalue weighted by Crippen LogP contribution is 2.38. The Bertz CT molecular complexity index is 788. The topological polar surface area (TPSA) is 76.4 Å². The lowest BCUT2D eigenvalue weighted by Gasteiger charge is -2.19. The summed E-state index contributed by atoms with van der Waals surface area (Å²) in [6, 6.07) is 5.97. The third-order valence-corrected chi connectivity index (χ3v) is 4.81. The number of amides is 2. The van der Waals surface area contributed by atoms with Crippen molar-refractivity contribution in [1.29, 1.82) is 0 Å². The molecule has 1 aromatic carbocycles. The van der Waals surface area contributed by atoms with Gasteiger partial charge in [0, 0.05) is 12.2 Å². The van der Waals surface area contributed by atoms with Crippen LogP contribution in [-0.4, -0.2) is 29.9 Å². The SMILES string of the molecule is Cc1c(NC(=O)NC2CCOC2C2CC2)noc1-c1ccccc1F. The van der Waals surface area contributed by atoms with Crippen molar-refractivity contribution in [2.24, 2.45) is 5.92 Å². The van der Waals surface area contributed by atoms with E-state index in [0.717, 1.165) is 6.42 Å². The molecule has 2 unspecified atom stereocenters. The molecule has 2 amide bonds. The van der Waals surface area contributed by atoms with Gasteiger partial charge in [0.15, 0.2) is 11.6 Å². The molecular formula is C18H20FN3O3. The Labute approximate surface area is 144 Å². The van der Waals surface area contributed by atoms with E-state index in [2.05, 4.69) is 15.8 Å². The second-order valence-electron chi connectivity index (χ2n) is 6.63. The van der Waals surface area contributed by atoms with E-state index in [1.165, 1.54) is 18.9 Å². The van der Waals surface area contributed by atoms with E-state index in [4.69, 9.17) is 9.26 Å². The van der Waals surface area contributed by atoms with Crippen molar-refractivity contribution < 1.29 is 18.4 Å². The fourth-order valence-electron chi connectivity index (χ4n) is 3.32. The maximum absolute atomic E-state index is 13.9. The van der Waals surface area contributed by atoms with E-state index in [1.54, 1.807) is 25.1 Å². The average molecular weight is 345 g/mol. The molecule has 7 heteroatoms. The van der Waals surface area contributed by atoms with Crippen LogP contribution in [-0.2, 0) is 4.74 Å². The standard InChI is InChI=1S/C18H20FN3O3/c1-10-15(12-4-2-3-5-13(12)19)25-22-17(10)21-18(23)20-14-8-9-24-16(14)11-6-7-11/h2-5,11,14,16H,6-9H2,1H3,(H2,20,21,22,23). The molecule has 2 N–H and O–H groups in total. The quantitative estimate of drug-likeness (QED) is 0.889. The van der Waals surface area contributed by atoms with Crippen LogP contribution in [0.15, 0.2) is 28.8 Å². The molecule has 2 fully saturated rings. The minimum absolute atomic E-state index is 0.0192. The predicted octanol–water partition coefficient (Wildman–Crippen LogP) is 3.48. The molecule has 0 radical (unpaired) electrons. The van der Waals surface area contributed by atoms with Gasteiger partial charge in [-0.25, -0.2) is 9.18 Å². The summed E-state index contributed by atoms with van der Waals surface area (Å²) in [6.45, 7) is 2.41. The number of halogens is 1. The molecule has 2 atom stereocenters. The highest BCUT2D eigenvalue weighted by Gasteiger charge is 2.41. The summed E-state index contributed by atoms with van der Waals surface area (Å²) >= 11 is 0. The number of rotatable bonds is 4. The van der Waals surface area contributed by atoms with Crippen LogP contribution in [0.5, 0.6) is 0 Å². The van der Waals surface area contributed by atoms with Crippen molar-refractivity contribution in [2.75, 3.05) is 11.9 Å². The van der Waals surface area contributed by atoms with Gasteiger partial charge in [0.25, 0.3) is 0 Å². The van der Waals surface area contributed by atoms with Crippen molar-refractivity contribution in [2.45, 2.75) is 38.3 Å². The Hall–Kier alpha value is -2.41. The second-order valence-corrected chi connectivity index (χ2v) is 6.63. The van der Waals surface area contributed by atoms with Gasteiger partial charge in [-0.15, -0.1) is 0 Å². The van der Waals surface area contributed by atoms with Gasteiger partial charge in [-0.3, -0.25) is 5.32 Å². The van der Waals surface area contributed by atoms with Gasteiger partial charge in [-0.05, 0) is 44.2 Å². The van der Waals surface area contributed by atoms with E-state index in [9.17, 15) is 9.18 Å². The normalized spacial score (nSPS) is 22.8. The number of aromatic nitrogens is 1. The van der Waals surface area contributed by atoms with Crippen LogP contribution >= 0.6 is 0 Å². The number of carbonyl (C=O) groups excluding carboxylic acids is 1. The first-order valence-corrected chi connectivity index (χ1v) is 8.54. The predicted molar refractivity (Wildman–Crippen MR) is 89.7 cm³/mol. The van der Waals surface area contributed by atoms with E-state index in [-0.39, 0.29) is 24.0 Å². The van der Waals surface area contributed by atoms with Gasteiger partial charge < -0.3 is 14.6 Å². The van der Waals surface area contributed by atoms with Crippen molar-refractivity contribution in [3.63, 3.8) is 0 Å². The molecule has 132 valence electrons. The van der Waals surface area contributed by atoms with Crippen LogP contribution in [0.25, 0.3) is 11.3 Å². The molecular weight excluding hydrogens is 325 g/mol. The zero-order valence-corrected chi connectivity index (χ0v) is 13.9. The Balaban J connectivity index is 1.44. The number of benzene rings is 1. The summed E-state index contributed by atoms with van der Waals surface area (Å²) in [5, 5.41) is 9.52. The zero-order valence-electron chi connectivity index (χ0n) is 13.9. The largest absolute Gasteiger partial charge is 0.376 e. The molecule has 1 aliphatic heterocycles. The molecule has 2 aliphatic rings. The van der Waals surface area contributed by atoms with Gasteiger partial charge in [0.05, 0.1) is 17.7 Å². The number of hydrogen-bond donors (Lipinski definition) is 2. The van der Waals surface area contributed by atoms with E-state index in [1.807, 2.05) is 0 Å². The molecule has 0 bridgehead atoms. The summed E-state index contributed by atoms with van der Waals surface area (Å²) in [6.07, 6.45) is 3.25.